The van der Waals surface area contributed by atoms with Crippen LogP contribution in [0, 0.1) is 0 Å². The molecule has 2 aromatic rings. The van der Waals surface area contributed by atoms with Gasteiger partial charge in [0.25, 0.3) is 0 Å². The van der Waals surface area contributed by atoms with Gasteiger partial charge < -0.3 is 19.3 Å². The molecule has 4 rings (SSSR count). The zero-order valence-corrected chi connectivity index (χ0v) is 15.5. The second-order valence-corrected chi connectivity index (χ2v) is 6.53. The van der Waals surface area contributed by atoms with Crippen molar-refractivity contribution in [2.45, 2.75) is 12.3 Å². The monoisotopic (exact) mass is 381 g/mol. The van der Waals surface area contributed by atoms with Crippen LogP contribution < -0.4 is 14.4 Å². The number of esters is 1. The first kappa shape index (κ1) is 17.9. The van der Waals surface area contributed by atoms with Gasteiger partial charge in [0.15, 0.2) is 11.5 Å². The van der Waals surface area contributed by atoms with Crippen molar-refractivity contribution in [2.24, 2.45) is 0 Å². The number of hydrogen-bond acceptors (Lipinski definition) is 6. The molecule has 0 bridgehead atoms. The molecule has 144 valence electrons. The minimum Gasteiger partial charge on any atom is -0.502 e. The molecule has 0 unspecified atom stereocenters. The van der Waals surface area contributed by atoms with Gasteiger partial charge in [0.05, 0.1) is 25.5 Å². The lowest BCUT2D eigenvalue weighted by Crippen LogP contribution is -2.37. The summed E-state index contributed by atoms with van der Waals surface area (Å²) in [5.41, 5.74) is 2.32. The number of aromatic hydroxyl groups is 1. The van der Waals surface area contributed by atoms with Crippen molar-refractivity contribution in [2.75, 3.05) is 25.7 Å². The van der Waals surface area contributed by atoms with Crippen molar-refractivity contribution in [1.82, 2.24) is 0 Å². The Labute approximate surface area is 161 Å². The Morgan fingerprint density at radius 2 is 1.71 bits per heavy atom. The van der Waals surface area contributed by atoms with Crippen molar-refractivity contribution in [3.8, 4) is 17.2 Å². The third-order valence-corrected chi connectivity index (χ3v) is 5.04. The highest BCUT2D eigenvalue weighted by Gasteiger charge is 2.43. The van der Waals surface area contributed by atoms with Crippen molar-refractivity contribution in [1.29, 1.82) is 0 Å². The maximum atomic E-state index is 13.0. The molecule has 28 heavy (non-hydrogen) atoms. The van der Waals surface area contributed by atoms with Gasteiger partial charge in [-0.1, -0.05) is 18.2 Å². The van der Waals surface area contributed by atoms with Crippen LogP contribution in [-0.2, 0) is 14.3 Å². The number of hydrogen-bond donors (Lipinski definition) is 1. The van der Waals surface area contributed by atoms with Crippen LogP contribution >= 0.6 is 0 Å². The number of amides is 1. The Morgan fingerprint density at radius 3 is 2.32 bits per heavy atom. The van der Waals surface area contributed by atoms with Crippen LogP contribution in [0.25, 0.3) is 0 Å². The highest BCUT2D eigenvalue weighted by molar-refractivity contribution is 6.06. The van der Waals surface area contributed by atoms with Gasteiger partial charge in [-0.25, -0.2) is 4.79 Å². The minimum absolute atomic E-state index is 0.0393. The first-order valence-corrected chi connectivity index (χ1v) is 8.78. The largest absolute Gasteiger partial charge is 0.502 e. The standard InChI is InChI=1S/C21H19NO6/c1-26-16-8-12(9-17(27-2)20(16)24)14-10-18(23)22(13-6-4-3-5-7-13)15-11-28-21(25)19(14)15/h3-9,14,24H,10-11H2,1-2H3/t14-/m0/s1. The number of nitrogens with zero attached hydrogens (tertiary/aromatic N) is 1. The quantitative estimate of drug-likeness (QED) is 0.820. The number of carbonyl (C=O) groups excluding carboxylic acids is 2. The van der Waals surface area contributed by atoms with Crippen molar-refractivity contribution in [3.63, 3.8) is 0 Å². The molecule has 1 amide bonds. The third kappa shape index (κ3) is 2.76. The van der Waals surface area contributed by atoms with E-state index >= 15 is 0 Å². The molecule has 2 aliphatic rings. The van der Waals surface area contributed by atoms with Crippen LogP contribution in [0.4, 0.5) is 5.69 Å². The molecule has 0 saturated carbocycles. The number of benzene rings is 2. The highest BCUT2D eigenvalue weighted by atomic mass is 16.5. The molecule has 2 heterocycles. The lowest BCUT2D eigenvalue weighted by molar-refractivity contribution is -0.136. The SMILES string of the molecule is COc1cc([C@@H]2CC(=O)N(c3ccccc3)C3=C2C(=O)OC3)cc(OC)c1O. The summed E-state index contributed by atoms with van der Waals surface area (Å²) in [6.45, 7) is 0.0393. The van der Waals surface area contributed by atoms with Crippen LogP contribution in [0.15, 0.2) is 53.7 Å². The molecule has 1 N–H and O–H groups in total. The Hall–Kier alpha value is -3.48. The van der Waals surface area contributed by atoms with Gasteiger partial charge in [-0.2, -0.15) is 0 Å². The summed E-state index contributed by atoms with van der Waals surface area (Å²) in [4.78, 5) is 27.1. The van der Waals surface area contributed by atoms with E-state index in [0.29, 0.717) is 22.5 Å². The number of anilines is 1. The number of phenolic OH excluding ortho intramolecular Hbond substituents is 1. The predicted molar refractivity (Wildman–Crippen MR) is 100 cm³/mol. The first-order chi connectivity index (χ1) is 13.5. The molecule has 2 aliphatic heterocycles. The maximum absolute atomic E-state index is 13.0. The number of para-hydroxylation sites is 1. The summed E-state index contributed by atoms with van der Waals surface area (Å²) in [7, 11) is 2.85. The van der Waals surface area contributed by atoms with Gasteiger partial charge in [-0.05, 0) is 29.8 Å². The van der Waals surface area contributed by atoms with Crippen LogP contribution in [0.1, 0.15) is 17.9 Å². The van der Waals surface area contributed by atoms with Crippen LogP contribution in [0.5, 0.6) is 17.2 Å². The zero-order chi connectivity index (χ0) is 19.8. The van der Waals surface area contributed by atoms with E-state index in [1.54, 1.807) is 17.0 Å². The van der Waals surface area contributed by atoms with Crippen molar-refractivity contribution in [3.05, 3.63) is 59.3 Å². The normalized spacial score (nSPS) is 18.8. The molecule has 0 fully saturated rings. The van der Waals surface area contributed by atoms with E-state index in [-0.39, 0.29) is 36.2 Å². The molecule has 1 atom stereocenters. The van der Waals surface area contributed by atoms with E-state index < -0.39 is 11.9 Å². The summed E-state index contributed by atoms with van der Waals surface area (Å²) in [6, 6.07) is 12.4. The smallest absolute Gasteiger partial charge is 0.336 e. The second-order valence-electron chi connectivity index (χ2n) is 6.53. The summed E-state index contributed by atoms with van der Waals surface area (Å²) >= 11 is 0. The summed E-state index contributed by atoms with van der Waals surface area (Å²) in [5.74, 6) is -0.814. The summed E-state index contributed by atoms with van der Waals surface area (Å²) in [5, 5.41) is 10.2. The lowest BCUT2D eigenvalue weighted by Gasteiger charge is -2.32. The van der Waals surface area contributed by atoms with E-state index in [1.165, 1.54) is 14.2 Å². The fourth-order valence-corrected chi connectivity index (χ4v) is 3.73. The van der Waals surface area contributed by atoms with Gasteiger partial charge in [0.1, 0.15) is 6.61 Å². The maximum Gasteiger partial charge on any atom is 0.336 e. The van der Waals surface area contributed by atoms with E-state index in [2.05, 4.69) is 0 Å². The Balaban J connectivity index is 1.85. The van der Waals surface area contributed by atoms with E-state index in [0.717, 1.165) is 0 Å². The number of cyclic esters (lactones) is 1. The third-order valence-electron chi connectivity index (χ3n) is 5.04. The Kier molecular flexibility index (Phi) is 4.43. The lowest BCUT2D eigenvalue weighted by atomic mass is 9.83. The summed E-state index contributed by atoms with van der Waals surface area (Å²) < 4.78 is 15.7. The van der Waals surface area contributed by atoms with Crippen LogP contribution in [-0.4, -0.2) is 37.8 Å². The molecule has 0 aromatic heterocycles. The fraction of sp³-hybridized carbons (Fsp3) is 0.238. The molecule has 0 spiro atoms. The number of carbonyl (C=O) groups is 2. The minimum atomic E-state index is -0.513. The molecule has 2 aromatic carbocycles. The molecule has 7 nitrogen and oxygen atoms in total. The Morgan fingerprint density at radius 1 is 1.07 bits per heavy atom. The van der Waals surface area contributed by atoms with E-state index in [9.17, 15) is 14.7 Å². The van der Waals surface area contributed by atoms with Gasteiger partial charge in [-0.3, -0.25) is 9.69 Å². The number of rotatable bonds is 4. The van der Waals surface area contributed by atoms with E-state index in [4.69, 9.17) is 14.2 Å². The fourth-order valence-electron chi connectivity index (χ4n) is 3.73. The number of methoxy groups -OCH3 is 2. The number of ether oxygens (including phenoxy) is 3. The second kappa shape index (κ2) is 6.92. The zero-order valence-electron chi connectivity index (χ0n) is 15.5. The van der Waals surface area contributed by atoms with Crippen LogP contribution in [0.3, 0.4) is 0 Å². The molecule has 7 heteroatoms. The van der Waals surface area contributed by atoms with Gasteiger partial charge in [-0.15, -0.1) is 0 Å². The number of phenols is 1. The van der Waals surface area contributed by atoms with Gasteiger partial charge in [0.2, 0.25) is 11.7 Å². The van der Waals surface area contributed by atoms with Crippen molar-refractivity contribution < 1.29 is 28.9 Å². The van der Waals surface area contributed by atoms with E-state index in [1.807, 2.05) is 30.3 Å². The highest BCUT2D eigenvalue weighted by Crippen LogP contribution is 2.46. The van der Waals surface area contributed by atoms with Gasteiger partial charge in [0, 0.05) is 18.0 Å². The first-order valence-electron chi connectivity index (χ1n) is 8.78. The average Bonchev–Trinajstić information content (AvgIpc) is 3.09. The summed E-state index contributed by atoms with van der Waals surface area (Å²) in [6.07, 6.45) is 0.0832. The Bertz CT molecular complexity index is 957. The molecular weight excluding hydrogens is 362 g/mol. The molecule has 0 saturated heterocycles. The molecule has 0 aliphatic carbocycles. The van der Waals surface area contributed by atoms with Gasteiger partial charge >= 0.3 is 5.97 Å². The topological polar surface area (TPSA) is 85.3 Å². The molecular formula is C21H19NO6. The van der Waals surface area contributed by atoms with Crippen LogP contribution in [0.2, 0.25) is 0 Å². The average molecular weight is 381 g/mol. The van der Waals surface area contributed by atoms with Crippen molar-refractivity contribution >= 4 is 17.6 Å². The predicted octanol–water partition coefficient (Wildman–Crippen LogP) is 2.74. The molecule has 0 radical (unpaired) electrons.